The maximum absolute atomic E-state index is 12.5. The molecule has 5 heteroatoms. The quantitative estimate of drug-likeness (QED) is 0.728. The van der Waals surface area contributed by atoms with Gasteiger partial charge in [0.2, 0.25) is 0 Å². The molecule has 0 aliphatic carbocycles. The van der Waals surface area contributed by atoms with Gasteiger partial charge in [0.05, 0.1) is 6.04 Å². The van der Waals surface area contributed by atoms with Crippen molar-refractivity contribution in [2.45, 2.75) is 18.9 Å². The summed E-state index contributed by atoms with van der Waals surface area (Å²) in [5.74, 6) is -0.307. The number of hydrogen-bond donors (Lipinski definition) is 2. The van der Waals surface area contributed by atoms with Crippen LogP contribution < -0.4 is 10.9 Å². The smallest absolute Gasteiger partial charge is 0.272 e. The van der Waals surface area contributed by atoms with Crippen molar-refractivity contribution in [2.24, 2.45) is 0 Å². The van der Waals surface area contributed by atoms with E-state index in [0.717, 1.165) is 18.4 Å². The molecule has 0 fully saturated rings. The molecule has 0 aliphatic rings. The number of nitrogens with zero attached hydrogens (tertiary/aromatic N) is 1. The minimum Gasteiger partial charge on any atom is -0.344 e. The zero-order valence-electron chi connectivity index (χ0n) is 13.7. The largest absolute Gasteiger partial charge is 0.344 e. The number of aromatic nitrogens is 2. The number of carbonyl (C=O) groups excluding carboxylic acids is 1. The van der Waals surface area contributed by atoms with Crippen LogP contribution in [0.2, 0.25) is 0 Å². The Morgan fingerprint density at radius 3 is 2.28 bits per heavy atom. The third kappa shape index (κ3) is 4.64. The number of H-pyrrole nitrogens is 1. The molecule has 0 spiro atoms. The van der Waals surface area contributed by atoms with E-state index in [1.54, 1.807) is 0 Å². The van der Waals surface area contributed by atoms with E-state index in [0.29, 0.717) is 0 Å². The van der Waals surface area contributed by atoms with Gasteiger partial charge in [-0.15, -0.1) is 0 Å². The topological polar surface area (TPSA) is 74.8 Å². The van der Waals surface area contributed by atoms with Crippen LogP contribution in [0.5, 0.6) is 0 Å². The van der Waals surface area contributed by atoms with Crippen molar-refractivity contribution < 1.29 is 4.79 Å². The molecule has 2 aromatic carbocycles. The number of amides is 1. The third-order valence-corrected chi connectivity index (χ3v) is 3.98. The summed E-state index contributed by atoms with van der Waals surface area (Å²) in [6.07, 6.45) is 1.61. The molecule has 1 aromatic heterocycles. The Balaban J connectivity index is 1.75. The minimum atomic E-state index is -0.333. The Hall–Kier alpha value is -3.21. The highest BCUT2D eigenvalue weighted by atomic mass is 16.2. The summed E-state index contributed by atoms with van der Waals surface area (Å²) < 4.78 is 0. The van der Waals surface area contributed by atoms with Crippen molar-refractivity contribution in [3.05, 3.63) is 100.0 Å². The fourth-order valence-electron chi connectivity index (χ4n) is 2.67. The van der Waals surface area contributed by atoms with Crippen LogP contribution in [0.1, 0.15) is 34.1 Å². The Morgan fingerprint density at radius 2 is 1.64 bits per heavy atom. The van der Waals surface area contributed by atoms with Crippen molar-refractivity contribution in [3.63, 3.8) is 0 Å². The molecule has 1 heterocycles. The summed E-state index contributed by atoms with van der Waals surface area (Å²) in [7, 11) is 0. The maximum Gasteiger partial charge on any atom is 0.272 e. The molecule has 0 saturated heterocycles. The van der Waals surface area contributed by atoms with Crippen LogP contribution in [0.15, 0.2) is 77.6 Å². The van der Waals surface area contributed by atoms with Crippen molar-refractivity contribution in [1.82, 2.24) is 15.5 Å². The van der Waals surface area contributed by atoms with E-state index in [2.05, 4.69) is 27.6 Å². The molecule has 3 rings (SSSR count). The highest BCUT2D eigenvalue weighted by molar-refractivity contribution is 5.92. The second-order valence-corrected chi connectivity index (χ2v) is 5.77. The Bertz CT molecular complexity index is 856. The lowest BCUT2D eigenvalue weighted by molar-refractivity contribution is 0.0928. The molecule has 126 valence electrons. The Morgan fingerprint density at radius 1 is 0.960 bits per heavy atom. The molecule has 3 aromatic rings. The van der Waals surface area contributed by atoms with E-state index < -0.39 is 0 Å². The standard InChI is InChI=1S/C20H19N3O2/c24-19-14-13-18(22-23-19)20(25)21-17(16-9-5-2-6-10-16)12-11-15-7-3-1-4-8-15/h1-10,13-14,17H,11-12H2,(H,21,25)(H,23,24). The van der Waals surface area contributed by atoms with Crippen molar-refractivity contribution in [1.29, 1.82) is 0 Å². The van der Waals surface area contributed by atoms with Gasteiger partial charge in [-0.25, -0.2) is 5.10 Å². The summed E-state index contributed by atoms with van der Waals surface area (Å²) in [5.41, 5.74) is 2.12. The van der Waals surface area contributed by atoms with Crippen molar-refractivity contribution in [2.75, 3.05) is 0 Å². The number of carbonyl (C=O) groups is 1. The molecule has 25 heavy (non-hydrogen) atoms. The first-order valence-corrected chi connectivity index (χ1v) is 8.18. The van der Waals surface area contributed by atoms with E-state index in [1.807, 2.05) is 48.5 Å². The average molecular weight is 333 g/mol. The van der Waals surface area contributed by atoms with E-state index >= 15 is 0 Å². The summed E-state index contributed by atoms with van der Waals surface area (Å²) in [5, 5.41) is 9.09. The van der Waals surface area contributed by atoms with Gasteiger partial charge in [0, 0.05) is 6.07 Å². The normalized spacial score (nSPS) is 11.7. The maximum atomic E-state index is 12.5. The van der Waals surface area contributed by atoms with Gasteiger partial charge in [-0.05, 0) is 30.0 Å². The first-order valence-electron chi connectivity index (χ1n) is 8.18. The molecule has 2 N–H and O–H groups in total. The minimum absolute atomic E-state index is 0.136. The number of aryl methyl sites for hydroxylation is 1. The first-order chi connectivity index (χ1) is 12.2. The molecule has 0 saturated carbocycles. The molecular formula is C20H19N3O2. The fraction of sp³-hybridized carbons (Fsp3) is 0.150. The van der Waals surface area contributed by atoms with Gasteiger partial charge < -0.3 is 5.32 Å². The summed E-state index contributed by atoms with van der Waals surface area (Å²) in [6, 6.07) is 22.6. The third-order valence-electron chi connectivity index (χ3n) is 3.98. The number of aromatic amines is 1. The predicted molar refractivity (Wildman–Crippen MR) is 96.3 cm³/mol. The molecule has 0 aliphatic heterocycles. The van der Waals surface area contributed by atoms with Crippen molar-refractivity contribution in [3.8, 4) is 0 Å². The van der Waals surface area contributed by atoms with Crippen LogP contribution in [0.4, 0.5) is 0 Å². The number of hydrogen-bond acceptors (Lipinski definition) is 3. The SMILES string of the molecule is O=C(NC(CCc1ccccc1)c1ccccc1)c1ccc(=O)[nH]n1. The highest BCUT2D eigenvalue weighted by Gasteiger charge is 2.16. The lowest BCUT2D eigenvalue weighted by atomic mass is 9.99. The van der Waals surface area contributed by atoms with Crippen LogP contribution in [-0.2, 0) is 6.42 Å². The van der Waals surface area contributed by atoms with E-state index in [-0.39, 0.29) is 23.2 Å². The summed E-state index contributed by atoms with van der Waals surface area (Å²) in [4.78, 5) is 23.6. The monoisotopic (exact) mass is 333 g/mol. The van der Waals surface area contributed by atoms with Crippen LogP contribution in [-0.4, -0.2) is 16.1 Å². The van der Waals surface area contributed by atoms with Crippen LogP contribution in [0.25, 0.3) is 0 Å². The van der Waals surface area contributed by atoms with Crippen LogP contribution >= 0.6 is 0 Å². The molecular weight excluding hydrogens is 314 g/mol. The molecule has 0 radical (unpaired) electrons. The van der Waals surface area contributed by atoms with Gasteiger partial charge in [0.1, 0.15) is 5.69 Å². The molecule has 0 bridgehead atoms. The zero-order valence-corrected chi connectivity index (χ0v) is 13.7. The van der Waals surface area contributed by atoms with Crippen molar-refractivity contribution >= 4 is 5.91 Å². The van der Waals surface area contributed by atoms with Gasteiger partial charge >= 0.3 is 0 Å². The number of nitrogens with one attached hydrogen (secondary N) is 2. The highest BCUT2D eigenvalue weighted by Crippen LogP contribution is 2.19. The van der Waals surface area contributed by atoms with Gasteiger partial charge in [0.15, 0.2) is 0 Å². The first kappa shape index (κ1) is 16.6. The second-order valence-electron chi connectivity index (χ2n) is 5.77. The summed E-state index contributed by atoms with van der Waals surface area (Å²) >= 11 is 0. The second kappa shape index (κ2) is 8.06. The van der Waals surface area contributed by atoms with Gasteiger partial charge in [-0.1, -0.05) is 60.7 Å². The number of rotatable bonds is 6. The predicted octanol–water partition coefficient (Wildman–Crippen LogP) is 2.87. The van der Waals surface area contributed by atoms with E-state index in [9.17, 15) is 9.59 Å². The lowest BCUT2D eigenvalue weighted by Crippen LogP contribution is -2.30. The van der Waals surface area contributed by atoms with Gasteiger partial charge in [0.25, 0.3) is 11.5 Å². The van der Waals surface area contributed by atoms with Gasteiger partial charge in [-0.2, -0.15) is 5.10 Å². The molecule has 1 amide bonds. The average Bonchev–Trinajstić information content (AvgIpc) is 2.67. The number of benzene rings is 2. The van der Waals surface area contributed by atoms with Crippen LogP contribution in [0.3, 0.4) is 0 Å². The van der Waals surface area contributed by atoms with Gasteiger partial charge in [-0.3, -0.25) is 9.59 Å². The summed E-state index contributed by atoms with van der Waals surface area (Å²) in [6.45, 7) is 0. The van der Waals surface area contributed by atoms with E-state index in [1.165, 1.54) is 17.7 Å². The lowest BCUT2D eigenvalue weighted by Gasteiger charge is -2.19. The zero-order chi connectivity index (χ0) is 17.5. The molecule has 5 nitrogen and oxygen atoms in total. The van der Waals surface area contributed by atoms with Crippen LogP contribution in [0, 0.1) is 0 Å². The molecule has 1 atom stereocenters. The Kier molecular flexibility index (Phi) is 5.36. The molecule has 1 unspecified atom stereocenters. The van der Waals surface area contributed by atoms with E-state index in [4.69, 9.17) is 0 Å². The fourth-order valence-corrected chi connectivity index (χ4v) is 2.67. The Labute approximate surface area is 145 Å².